The van der Waals surface area contributed by atoms with Gasteiger partial charge in [-0.05, 0) is 25.0 Å². The van der Waals surface area contributed by atoms with Gasteiger partial charge in [-0.1, -0.05) is 20.3 Å². The lowest BCUT2D eigenvalue weighted by Crippen LogP contribution is -2.35. The first-order valence-electron chi connectivity index (χ1n) is 7.75. The van der Waals surface area contributed by atoms with Crippen LogP contribution in [-0.2, 0) is 14.6 Å². The number of sulfone groups is 1. The summed E-state index contributed by atoms with van der Waals surface area (Å²) in [4.78, 5) is 12.2. The summed E-state index contributed by atoms with van der Waals surface area (Å²) in [6.07, 6.45) is 0.760. The van der Waals surface area contributed by atoms with Gasteiger partial charge in [0, 0.05) is 11.8 Å². The first-order chi connectivity index (χ1) is 10.8. The number of nitrogens with one attached hydrogen (secondary N) is 1. The fraction of sp³-hybridized carbons (Fsp3) is 0.562. The number of carbonyl (C=O) groups is 1. The van der Waals surface area contributed by atoms with Gasteiger partial charge in [0.05, 0.1) is 5.75 Å². The maximum Gasteiger partial charge on any atom is 0.242 e. The maximum absolute atomic E-state index is 12.3. The molecule has 0 aromatic heterocycles. The molecule has 6 nitrogen and oxygen atoms in total. The highest BCUT2D eigenvalue weighted by molar-refractivity contribution is 7.92. The van der Waals surface area contributed by atoms with Gasteiger partial charge in [0.25, 0.3) is 0 Å². The Morgan fingerprint density at radius 1 is 1.22 bits per heavy atom. The van der Waals surface area contributed by atoms with E-state index < -0.39 is 21.0 Å². The summed E-state index contributed by atoms with van der Waals surface area (Å²) >= 11 is 0. The van der Waals surface area contributed by atoms with Crippen molar-refractivity contribution in [1.82, 2.24) is 0 Å². The van der Waals surface area contributed by atoms with Crippen molar-refractivity contribution in [3.05, 3.63) is 18.2 Å². The van der Waals surface area contributed by atoms with E-state index in [-0.39, 0.29) is 11.7 Å². The summed E-state index contributed by atoms with van der Waals surface area (Å²) < 4.78 is 35.4. The Kier molecular flexibility index (Phi) is 5.51. The van der Waals surface area contributed by atoms with Gasteiger partial charge >= 0.3 is 0 Å². The molecule has 0 bridgehead atoms. The van der Waals surface area contributed by atoms with Crippen molar-refractivity contribution in [1.29, 1.82) is 0 Å². The predicted molar refractivity (Wildman–Crippen MR) is 88.8 cm³/mol. The Labute approximate surface area is 137 Å². The predicted octanol–water partition coefficient (Wildman–Crippen LogP) is 2.25. The van der Waals surface area contributed by atoms with Crippen molar-refractivity contribution < 1.29 is 22.7 Å². The highest BCUT2D eigenvalue weighted by Crippen LogP contribution is 2.32. The third kappa shape index (κ3) is 4.37. The largest absolute Gasteiger partial charge is 0.486 e. The molecule has 0 aliphatic carbocycles. The molecule has 1 aliphatic heterocycles. The summed E-state index contributed by atoms with van der Waals surface area (Å²) in [5.41, 5.74) is 0.491. The number of amides is 1. The van der Waals surface area contributed by atoms with Crippen LogP contribution in [0.4, 0.5) is 5.69 Å². The molecule has 0 spiro atoms. The Hall–Kier alpha value is -1.76. The van der Waals surface area contributed by atoms with E-state index in [1.165, 1.54) is 6.92 Å². The molecular weight excluding hydrogens is 318 g/mol. The average Bonchev–Trinajstić information content (AvgIpc) is 2.53. The lowest BCUT2D eigenvalue weighted by Gasteiger charge is -2.20. The molecule has 1 heterocycles. The van der Waals surface area contributed by atoms with Gasteiger partial charge in [0.2, 0.25) is 5.91 Å². The number of rotatable bonds is 6. The van der Waals surface area contributed by atoms with E-state index in [0.717, 1.165) is 6.42 Å². The van der Waals surface area contributed by atoms with E-state index in [9.17, 15) is 13.2 Å². The van der Waals surface area contributed by atoms with Crippen LogP contribution in [0.5, 0.6) is 11.5 Å². The molecular formula is C16H23NO5S. The fourth-order valence-electron chi connectivity index (χ4n) is 2.19. The normalized spacial score (nSPS) is 16.5. The Bertz CT molecular complexity index is 671. The second kappa shape index (κ2) is 7.21. The molecule has 1 N–H and O–H groups in total. The topological polar surface area (TPSA) is 81.7 Å². The first kappa shape index (κ1) is 17.6. The number of benzene rings is 1. The van der Waals surface area contributed by atoms with Gasteiger partial charge in [-0.3, -0.25) is 4.79 Å². The molecule has 128 valence electrons. The second-order valence-electron chi connectivity index (χ2n) is 5.83. The molecule has 0 saturated carbocycles. The minimum absolute atomic E-state index is 0.0131. The van der Waals surface area contributed by atoms with Crippen molar-refractivity contribution in [2.45, 2.75) is 32.4 Å². The van der Waals surface area contributed by atoms with Gasteiger partial charge in [-0.25, -0.2) is 8.42 Å². The zero-order chi connectivity index (χ0) is 17.0. The second-order valence-corrected chi connectivity index (χ2v) is 8.20. The van der Waals surface area contributed by atoms with Crippen LogP contribution in [-0.4, -0.2) is 38.5 Å². The Morgan fingerprint density at radius 3 is 2.52 bits per heavy atom. The van der Waals surface area contributed by atoms with Crippen molar-refractivity contribution >= 4 is 21.4 Å². The van der Waals surface area contributed by atoms with E-state index in [4.69, 9.17) is 9.47 Å². The van der Waals surface area contributed by atoms with Crippen molar-refractivity contribution in [3.8, 4) is 11.5 Å². The summed E-state index contributed by atoms with van der Waals surface area (Å²) in [6, 6.07) is 5.00. The highest BCUT2D eigenvalue weighted by Gasteiger charge is 2.29. The van der Waals surface area contributed by atoms with Gasteiger partial charge < -0.3 is 14.8 Å². The molecule has 0 saturated heterocycles. The van der Waals surface area contributed by atoms with Crippen LogP contribution in [0.15, 0.2) is 18.2 Å². The van der Waals surface area contributed by atoms with Crippen LogP contribution in [0.25, 0.3) is 0 Å². The third-order valence-corrected chi connectivity index (χ3v) is 6.26. The van der Waals surface area contributed by atoms with E-state index in [1.54, 1.807) is 18.2 Å². The monoisotopic (exact) mass is 341 g/mol. The molecule has 2 rings (SSSR count). The minimum Gasteiger partial charge on any atom is -0.486 e. The van der Waals surface area contributed by atoms with Crippen LogP contribution in [0.2, 0.25) is 0 Å². The molecule has 0 radical (unpaired) electrons. The molecule has 0 unspecified atom stereocenters. The molecule has 1 aromatic carbocycles. The summed E-state index contributed by atoms with van der Waals surface area (Å²) in [7, 11) is -3.48. The zero-order valence-electron chi connectivity index (χ0n) is 13.7. The summed E-state index contributed by atoms with van der Waals surface area (Å²) in [5, 5.41) is 1.54. The standard InChI is InChI=1S/C16H23NO5S/c1-4-11(2)10-23(19,20)12(3)16(18)17-13-5-6-14-15(9-13)22-8-7-21-14/h5-6,9,11-12H,4,7-8,10H2,1-3H3,(H,17,18)/t11-,12+/m0/s1. The lowest BCUT2D eigenvalue weighted by atomic mass is 10.2. The van der Waals surface area contributed by atoms with Crippen LogP contribution >= 0.6 is 0 Å². The van der Waals surface area contributed by atoms with E-state index in [1.807, 2.05) is 13.8 Å². The SMILES string of the molecule is CC[C@H](C)CS(=O)(=O)[C@H](C)C(=O)Nc1ccc2c(c1)OCCO2. The van der Waals surface area contributed by atoms with Crippen LogP contribution < -0.4 is 14.8 Å². The fourth-order valence-corrected chi connectivity index (χ4v) is 3.89. The number of anilines is 1. The Morgan fingerprint density at radius 2 is 1.87 bits per heavy atom. The molecule has 1 aliphatic rings. The number of hydrogen-bond acceptors (Lipinski definition) is 5. The van der Waals surface area contributed by atoms with Gasteiger partial charge in [0.1, 0.15) is 18.5 Å². The number of carbonyl (C=O) groups excluding carboxylic acids is 1. The molecule has 23 heavy (non-hydrogen) atoms. The summed E-state index contributed by atoms with van der Waals surface area (Å²) in [6.45, 7) is 6.15. The maximum atomic E-state index is 12.3. The molecule has 1 amide bonds. The van der Waals surface area contributed by atoms with Crippen LogP contribution in [0, 0.1) is 5.92 Å². The average molecular weight is 341 g/mol. The van der Waals surface area contributed by atoms with Crippen LogP contribution in [0.1, 0.15) is 27.2 Å². The number of fused-ring (bicyclic) bond motifs is 1. The number of ether oxygens (including phenoxy) is 2. The molecule has 7 heteroatoms. The highest BCUT2D eigenvalue weighted by atomic mass is 32.2. The van der Waals surface area contributed by atoms with Crippen molar-refractivity contribution in [2.75, 3.05) is 24.3 Å². The van der Waals surface area contributed by atoms with Gasteiger partial charge in [-0.2, -0.15) is 0 Å². The van der Waals surface area contributed by atoms with Gasteiger partial charge in [-0.15, -0.1) is 0 Å². The van der Waals surface area contributed by atoms with Crippen molar-refractivity contribution in [2.24, 2.45) is 5.92 Å². The van der Waals surface area contributed by atoms with Crippen LogP contribution in [0.3, 0.4) is 0 Å². The summed E-state index contributed by atoms with van der Waals surface area (Å²) in [5.74, 6) is 0.671. The third-order valence-electron chi connectivity index (χ3n) is 3.93. The molecule has 0 fully saturated rings. The number of hydrogen-bond donors (Lipinski definition) is 1. The zero-order valence-corrected chi connectivity index (χ0v) is 14.5. The van der Waals surface area contributed by atoms with Gasteiger partial charge in [0.15, 0.2) is 21.3 Å². The smallest absolute Gasteiger partial charge is 0.242 e. The quantitative estimate of drug-likeness (QED) is 0.858. The minimum atomic E-state index is -3.48. The van der Waals surface area contributed by atoms with Crippen molar-refractivity contribution in [3.63, 3.8) is 0 Å². The molecule has 2 atom stereocenters. The van der Waals surface area contributed by atoms with E-state index in [2.05, 4.69) is 5.32 Å². The Balaban J connectivity index is 2.06. The van der Waals surface area contributed by atoms with E-state index >= 15 is 0 Å². The molecule has 1 aromatic rings. The first-order valence-corrected chi connectivity index (χ1v) is 9.47. The van der Waals surface area contributed by atoms with E-state index in [0.29, 0.717) is 30.4 Å². The lowest BCUT2D eigenvalue weighted by molar-refractivity contribution is -0.115.